The zero-order chi connectivity index (χ0) is 20.3. The van der Waals surface area contributed by atoms with Crippen molar-refractivity contribution in [2.75, 3.05) is 7.11 Å². The van der Waals surface area contributed by atoms with Gasteiger partial charge in [-0.1, -0.05) is 13.3 Å². The van der Waals surface area contributed by atoms with Gasteiger partial charge < -0.3 is 35.0 Å². The van der Waals surface area contributed by atoms with Gasteiger partial charge in [0.05, 0.1) is 18.2 Å². The van der Waals surface area contributed by atoms with Crippen LogP contribution in [0, 0.1) is 0 Å². The zero-order valence-corrected chi connectivity index (χ0v) is 14.5. The van der Waals surface area contributed by atoms with E-state index in [0.717, 1.165) is 25.3 Å². The van der Waals surface area contributed by atoms with Gasteiger partial charge in [-0.15, -0.1) is 0 Å². The number of hydrogen-bond acceptors (Lipinski definition) is 9. The fourth-order valence-electron chi connectivity index (χ4n) is 2.43. The van der Waals surface area contributed by atoms with Crippen LogP contribution in [-0.2, 0) is 11.2 Å². The maximum Gasteiger partial charge on any atom is 0.343 e. The van der Waals surface area contributed by atoms with Gasteiger partial charge in [-0.25, -0.2) is 9.59 Å². The lowest BCUT2D eigenvalue weighted by Crippen LogP contribution is -2.11. The molecule has 9 heteroatoms. The predicted octanol–water partition coefficient (Wildman–Crippen LogP) is 2.17. The van der Waals surface area contributed by atoms with Crippen molar-refractivity contribution in [3.05, 3.63) is 34.9 Å². The number of carbonyl (C=O) groups is 2. The minimum Gasteiger partial charge on any atom is -0.504 e. The maximum atomic E-state index is 12.2. The molecule has 144 valence electrons. The fraction of sp³-hybridized carbons (Fsp3) is 0.222. The lowest BCUT2D eigenvalue weighted by Gasteiger charge is -2.14. The fourth-order valence-corrected chi connectivity index (χ4v) is 2.43. The number of hydrogen-bond donors (Lipinski definition) is 5. The second kappa shape index (κ2) is 7.73. The van der Waals surface area contributed by atoms with Crippen molar-refractivity contribution < 1.29 is 44.6 Å². The number of phenolic OH excluding ortho intramolecular Hbond substituents is 5. The van der Waals surface area contributed by atoms with Crippen LogP contribution in [0.25, 0.3) is 0 Å². The highest BCUT2D eigenvalue weighted by molar-refractivity contribution is 5.95. The van der Waals surface area contributed by atoms with E-state index in [1.165, 1.54) is 0 Å². The summed E-state index contributed by atoms with van der Waals surface area (Å²) in [7, 11) is 1.13. The van der Waals surface area contributed by atoms with Crippen LogP contribution in [0.15, 0.2) is 18.2 Å². The van der Waals surface area contributed by atoms with Gasteiger partial charge in [0.2, 0.25) is 5.75 Å². The van der Waals surface area contributed by atoms with Crippen molar-refractivity contribution in [3.63, 3.8) is 0 Å². The lowest BCUT2D eigenvalue weighted by molar-refractivity contribution is 0.0595. The van der Waals surface area contributed by atoms with Gasteiger partial charge in [0.25, 0.3) is 0 Å². The molecule has 0 spiro atoms. The maximum absolute atomic E-state index is 12.2. The Morgan fingerprint density at radius 3 is 2.00 bits per heavy atom. The Kier molecular flexibility index (Phi) is 5.64. The van der Waals surface area contributed by atoms with E-state index in [1.54, 1.807) is 6.92 Å². The molecule has 0 fully saturated rings. The summed E-state index contributed by atoms with van der Waals surface area (Å²) in [6.07, 6.45) is 0.819. The molecule has 0 aliphatic carbocycles. The van der Waals surface area contributed by atoms with E-state index in [-0.39, 0.29) is 23.1 Å². The minimum absolute atomic E-state index is 0.0890. The normalized spacial score (nSPS) is 10.4. The molecule has 0 atom stereocenters. The smallest absolute Gasteiger partial charge is 0.343 e. The molecule has 0 unspecified atom stereocenters. The van der Waals surface area contributed by atoms with Crippen molar-refractivity contribution in [3.8, 4) is 34.5 Å². The number of aromatic hydroxyl groups is 5. The van der Waals surface area contributed by atoms with Crippen LogP contribution >= 0.6 is 0 Å². The minimum atomic E-state index is -1.13. The summed E-state index contributed by atoms with van der Waals surface area (Å²) in [6.45, 7) is 1.80. The molecule has 0 amide bonds. The van der Waals surface area contributed by atoms with Gasteiger partial charge in [0.1, 0.15) is 0 Å². The van der Waals surface area contributed by atoms with Crippen LogP contribution in [0.1, 0.15) is 39.6 Å². The average molecular weight is 378 g/mol. The molecule has 5 N–H and O–H groups in total. The third kappa shape index (κ3) is 3.81. The molecule has 0 heterocycles. The Balaban J connectivity index is 2.48. The van der Waals surface area contributed by atoms with Gasteiger partial charge in [-0.3, -0.25) is 0 Å². The number of carbonyl (C=O) groups excluding carboxylic acids is 2. The van der Waals surface area contributed by atoms with Gasteiger partial charge in [-0.05, 0) is 24.6 Å². The number of methoxy groups -OCH3 is 1. The highest BCUT2D eigenvalue weighted by atomic mass is 16.5. The molecule has 0 radical (unpaired) electrons. The average Bonchev–Trinajstić information content (AvgIpc) is 2.64. The van der Waals surface area contributed by atoms with Crippen molar-refractivity contribution in [2.45, 2.75) is 19.8 Å². The summed E-state index contributed by atoms with van der Waals surface area (Å²) in [5.41, 5.74) is -0.297. The number of ether oxygens (including phenoxy) is 2. The molecule has 0 aromatic heterocycles. The van der Waals surface area contributed by atoms with Gasteiger partial charge in [-0.2, -0.15) is 0 Å². The Bertz CT molecular complexity index is 879. The first-order valence-corrected chi connectivity index (χ1v) is 7.84. The number of benzene rings is 2. The van der Waals surface area contributed by atoms with Gasteiger partial charge in [0.15, 0.2) is 28.7 Å². The third-order valence-electron chi connectivity index (χ3n) is 3.76. The number of rotatable bonds is 5. The highest BCUT2D eigenvalue weighted by Gasteiger charge is 2.24. The topological polar surface area (TPSA) is 154 Å². The van der Waals surface area contributed by atoms with Crippen LogP contribution in [0.3, 0.4) is 0 Å². The molecule has 2 aromatic rings. The summed E-state index contributed by atoms with van der Waals surface area (Å²) in [5, 5.41) is 48.5. The molecule has 9 nitrogen and oxygen atoms in total. The highest BCUT2D eigenvalue weighted by Crippen LogP contribution is 2.42. The summed E-state index contributed by atoms with van der Waals surface area (Å²) in [6, 6.07) is 2.71. The first-order valence-electron chi connectivity index (χ1n) is 7.84. The summed E-state index contributed by atoms with van der Waals surface area (Å²) >= 11 is 0. The van der Waals surface area contributed by atoms with Crippen LogP contribution in [0.2, 0.25) is 0 Å². The van der Waals surface area contributed by atoms with Crippen molar-refractivity contribution in [1.82, 2.24) is 0 Å². The Labute approximate surface area is 153 Å². The van der Waals surface area contributed by atoms with E-state index in [0.29, 0.717) is 6.42 Å². The summed E-state index contributed by atoms with van der Waals surface area (Å²) < 4.78 is 9.61. The van der Waals surface area contributed by atoms with Crippen LogP contribution < -0.4 is 4.74 Å². The molecule has 0 saturated carbocycles. The molecule has 0 saturated heterocycles. The van der Waals surface area contributed by atoms with Crippen LogP contribution in [0.4, 0.5) is 0 Å². The quantitative estimate of drug-likeness (QED) is 0.299. The van der Waals surface area contributed by atoms with Crippen molar-refractivity contribution in [2.24, 2.45) is 0 Å². The van der Waals surface area contributed by atoms with E-state index >= 15 is 0 Å². The molecular formula is C18H18O9. The third-order valence-corrected chi connectivity index (χ3v) is 3.76. The second-order valence-electron chi connectivity index (χ2n) is 5.59. The first-order chi connectivity index (χ1) is 12.7. The van der Waals surface area contributed by atoms with Gasteiger partial charge >= 0.3 is 11.9 Å². The SMILES string of the molecule is CCCc1c(C(=O)OC)cc(OC(=O)c2cc(O)c(O)c(O)c2)c(O)c1O. The van der Waals surface area contributed by atoms with E-state index in [9.17, 15) is 35.1 Å². The molecule has 0 bridgehead atoms. The zero-order valence-electron chi connectivity index (χ0n) is 14.5. The Morgan fingerprint density at radius 2 is 1.48 bits per heavy atom. The van der Waals surface area contributed by atoms with E-state index in [1.807, 2.05) is 0 Å². The van der Waals surface area contributed by atoms with E-state index < -0.39 is 46.4 Å². The van der Waals surface area contributed by atoms with E-state index in [4.69, 9.17) is 4.74 Å². The predicted molar refractivity (Wildman–Crippen MR) is 91.5 cm³/mol. The molecule has 2 rings (SSSR count). The van der Waals surface area contributed by atoms with Crippen molar-refractivity contribution in [1.29, 1.82) is 0 Å². The molecular weight excluding hydrogens is 360 g/mol. The molecule has 27 heavy (non-hydrogen) atoms. The van der Waals surface area contributed by atoms with Crippen LogP contribution in [0.5, 0.6) is 34.5 Å². The number of esters is 2. The van der Waals surface area contributed by atoms with Crippen LogP contribution in [-0.4, -0.2) is 44.6 Å². The van der Waals surface area contributed by atoms with Crippen molar-refractivity contribution >= 4 is 11.9 Å². The molecule has 0 aliphatic heterocycles. The molecule has 2 aromatic carbocycles. The Hall–Kier alpha value is -3.62. The second-order valence-corrected chi connectivity index (χ2v) is 5.59. The summed E-state index contributed by atoms with van der Waals surface area (Å²) in [4.78, 5) is 24.2. The lowest BCUT2D eigenvalue weighted by atomic mass is 10.0. The largest absolute Gasteiger partial charge is 0.504 e. The summed E-state index contributed by atoms with van der Waals surface area (Å²) in [5.74, 6) is -6.18. The Morgan fingerprint density at radius 1 is 0.889 bits per heavy atom. The number of phenols is 5. The molecule has 0 aliphatic rings. The van der Waals surface area contributed by atoms with E-state index in [2.05, 4.69) is 4.74 Å². The standard InChI is InChI=1S/C18H18O9/c1-3-4-9-10(18(25)26-2)7-13(16(23)14(9)21)27-17(24)8-5-11(19)15(22)12(20)6-8/h5-7,19-23H,3-4H2,1-2H3. The first kappa shape index (κ1) is 19.7. The van der Waals surface area contributed by atoms with Gasteiger partial charge in [0, 0.05) is 5.56 Å². The monoisotopic (exact) mass is 378 g/mol.